The first-order valence-electron chi connectivity index (χ1n) is 6.15. The van der Waals surface area contributed by atoms with Crippen LogP contribution in [0.15, 0.2) is 31.8 Å². The van der Waals surface area contributed by atoms with Crippen LogP contribution in [0.2, 0.25) is 5.02 Å². The number of nitrogens with one attached hydrogen (secondary N) is 1. The van der Waals surface area contributed by atoms with Crippen molar-refractivity contribution in [1.29, 1.82) is 0 Å². The second-order valence-electron chi connectivity index (χ2n) is 4.43. The fourth-order valence-corrected chi connectivity index (χ4v) is 4.21. The minimum atomic E-state index is 0.441. The predicted octanol–water partition coefficient (Wildman–Crippen LogP) is 4.56. The molecule has 0 saturated heterocycles. The van der Waals surface area contributed by atoms with E-state index in [1.54, 1.807) is 34.9 Å². The van der Waals surface area contributed by atoms with Crippen molar-refractivity contribution in [3.05, 3.63) is 28.8 Å². The van der Waals surface area contributed by atoms with Crippen LogP contribution in [-0.4, -0.2) is 22.5 Å². The Hall–Kier alpha value is -0.270. The second-order valence-corrected chi connectivity index (χ2v) is 8.18. The highest BCUT2D eigenvalue weighted by atomic mass is 35.5. The molecule has 7 heteroatoms. The standard InChI is InChI=1S/C13H16ClN3S3/c1-8(2)15-7-9-6-10(14)4-5-11(9)19-13-17-16-12(18-3)20-13/h4-6,8,15H,7H2,1-3H3. The molecule has 20 heavy (non-hydrogen) atoms. The normalized spacial score (nSPS) is 11.2. The van der Waals surface area contributed by atoms with Crippen LogP contribution >= 0.6 is 46.5 Å². The van der Waals surface area contributed by atoms with Crippen LogP contribution in [0, 0.1) is 0 Å². The number of nitrogens with zero attached hydrogens (tertiary/aromatic N) is 2. The molecule has 1 aromatic heterocycles. The molecule has 0 bridgehead atoms. The lowest BCUT2D eigenvalue weighted by molar-refractivity contribution is 0.585. The largest absolute Gasteiger partial charge is 0.310 e. The van der Waals surface area contributed by atoms with Gasteiger partial charge < -0.3 is 5.32 Å². The number of benzene rings is 1. The number of hydrogen-bond acceptors (Lipinski definition) is 6. The monoisotopic (exact) mass is 345 g/mol. The average molecular weight is 346 g/mol. The molecule has 2 rings (SSSR count). The molecule has 0 radical (unpaired) electrons. The molecule has 1 aromatic carbocycles. The van der Waals surface area contributed by atoms with E-state index in [2.05, 4.69) is 29.4 Å². The summed E-state index contributed by atoms with van der Waals surface area (Å²) in [5.41, 5.74) is 1.19. The summed E-state index contributed by atoms with van der Waals surface area (Å²) in [6.07, 6.45) is 2.01. The Kier molecular flexibility index (Phi) is 6.17. The van der Waals surface area contributed by atoms with Gasteiger partial charge in [0.2, 0.25) is 0 Å². The van der Waals surface area contributed by atoms with Crippen LogP contribution in [0.5, 0.6) is 0 Å². The van der Waals surface area contributed by atoms with Gasteiger partial charge in [-0.15, -0.1) is 10.2 Å². The second kappa shape index (κ2) is 7.66. The Balaban J connectivity index is 2.17. The third-order valence-electron chi connectivity index (χ3n) is 2.48. The van der Waals surface area contributed by atoms with Crippen molar-refractivity contribution in [3.63, 3.8) is 0 Å². The maximum absolute atomic E-state index is 6.10. The van der Waals surface area contributed by atoms with E-state index in [1.165, 1.54) is 10.5 Å². The Bertz CT molecular complexity index is 572. The molecule has 0 spiro atoms. The summed E-state index contributed by atoms with van der Waals surface area (Å²) < 4.78 is 1.95. The molecule has 108 valence electrons. The van der Waals surface area contributed by atoms with Crippen molar-refractivity contribution in [3.8, 4) is 0 Å². The van der Waals surface area contributed by atoms with Gasteiger partial charge in [0, 0.05) is 22.5 Å². The molecule has 0 unspecified atom stereocenters. The quantitative estimate of drug-likeness (QED) is 0.777. The Morgan fingerprint density at radius 1 is 1.30 bits per heavy atom. The summed E-state index contributed by atoms with van der Waals surface area (Å²) in [6.45, 7) is 5.06. The van der Waals surface area contributed by atoms with Gasteiger partial charge in [0.05, 0.1) is 0 Å². The predicted molar refractivity (Wildman–Crippen MR) is 89.2 cm³/mol. The lowest BCUT2D eigenvalue weighted by Gasteiger charge is -2.12. The zero-order valence-electron chi connectivity index (χ0n) is 11.5. The van der Waals surface area contributed by atoms with Crippen molar-refractivity contribution in [1.82, 2.24) is 15.5 Å². The SMILES string of the molecule is CSc1nnc(Sc2ccc(Cl)cc2CNC(C)C)s1. The molecule has 2 aromatic rings. The molecular formula is C13H16ClN3S3. The van der Waals surface area contributed by atoms with Gasteiger partial charge in [0.1, 0.15) is 0 Å². The van der Waals surface area contributed by atoms with E-state index in [0.717, 1.165) is 20.2 Å². The summed E-state index contributed by atoms with van der Waals surface area (Å²) in [5.74, 6) is 0. The molecule has 1 heterocycles. The van der Waals surface area contributed by atoms with Crippen LogP contribution in [0.1, 0.15) is 19.4 Å². The zero-order chi connectivity index (χ0) is 14.5. The highest BCUT2D eigenvalue weighted by molar-refractivity contribution is 8.03. The lowest BCUT2D eigenvalue weighted by Crippen LogP contribution is -2.22. The maximum Gasteiger partial charge on any atom is 0.179 e. The molecule has 0 amide bonds. The smallest absolute Gasteiger partial charge is 0.179 e. The fraction of sp³-hybridized carbons (Fsp3) is 0.385. The zero-order valence-corrected chi connectivity index (χ0v) is 14.7. The molecule has 1 N–H and O–H groups in total. The number of thioether (sulfide) groups is 1. The minimum Gasteiger partial charge on any atom is -0.310 e. The maximum atomic E-state index is 6.10. The van der Waals surface area contributed by atoms with Gasteiger partial charge in [-0.1, -0.05) is 60.3 Å². The number of aromatic nitrogens is 2. The summed E-state index contributed by atoms with van der Waals surface area (Å²) in [4.78, 5) is 1.17. The van der Waals surface area contributed by atoms with Crippen LogP contribution in [0.3, 0.4) is 0 Å². The molecular weight excluding hydrogens is 330 g/mol. The highest BCUT2D eigenvalue weighted by Gasteiger charge is 2.10. The molecule has 3 nitrogen and oxygen atoms in total. The highest BCUT2D eigenvalue weighted by Crippen LogP contribution is 2.35. The van der Waals surface area contributed by atoms with E-state index in [1.807, 2.05) is 24.5 Å². The van der Waals surface area contributed by atoms with Crippen molar-refractivity contribution in [2.24, 2.45) is 0 Å². The summed E-state index contributed by atoms with van der Waals surface area (Å²) in [5, 5.41) is 12.5. The molecule has 0 aliphatic carbocycles. The van der Waals surface area contributed by atoms with E-state index in [4.69, 9.17) is 11.6 Å². The number of halogens is 1. The van der Waals surface area contributed by atoms with Crippen molar-refractivity contribution in [2.45, 2.75) is 40.0 Å². The molecule has 0 aliphatic rings. The van der Waals surface area contributed by atoms with E-state index in [-0.39, 0.29) is 0 Å². The van der Waals surface area contributed by atoms with E-state index >= 15 is 0 Å². The Morgan fingerprint density at radius 3 is 2.70 bits per heavy atom. The molecule has 0 fully saturated rings. The summed E-state index contributed by atoms with van der Waals surface area (Å²) in [6, 6.07) is 6.41. The average Bonchev–Trinajstić information content (AvgIpc) is 2.86. The van der Waals surface area contributed by atoms with Gasteiger partial charge in [0.15, 0.2) is 8.68 Å². The Labute approximate surface area is 136 Å². The molecule has 0 aliphatic heterocycles. The molecule has 0 atom stereocenters. The minimum absolute atomic E-state index is 0.441. The van der Waals surface area contributed by atoms with Crippen molar-refractivity contribution >= 4 is 46.5 Å². The first-order valence-corrected chi connectivity index (χ1v) is 9.39. The van der Waals surface area contributed by atoms with Crippen molar-refractivity contribution < 1.29 is 0 Å². The first-order chi connectivity index (χ1) is 9.58. The molecule has 0 saturated carbocycles. The van der Waals surface area contributed by atoms with Crippen molar-refractivity contribution in [2.75, 3.05) is 6.26 Å². The topological polar surface area (TPSA) is 37.8 Å². The van der Waals surface area contributed by atoms with Gasteiger partial charge in [0.25, 0.3) is 0 Å². The van der Waals surface area contributed by atoms with Crippen LogP contribution < -0.4 is 5.32 Å². The Morgan fingerprint density at radius 2 is 2.05 bits per heavy atom. The number of hydrogen-bond donors (Lipinski definition) is 1. The third-order valence-corrected chi connectivity index (χ3v) is 5.79. The summed E-state index contributed by atoms with van der Waals surface area (Å²) in [7, 11) is 0. The van der Waals surface area contributed by atoms with E-state index < -0.39 is 0 Å². The lowest BCUT2D eigenvalue weighted by atomic mass is 10.2. The third kappa shape index (κ3) is 4.63. The number of rotatable bonds is 6. The van der Waals surface area contributed by atoms with Gasteiger partial charge in [-0.05, 0) is 30.0 Å². The van der Waals surface area contributed by atoms with Gasteiger partial charge in [-0.3, -0.25) is 0 Å². The fourth-order valence-electron chi connectivity index (χ4n) is 1.51. The van der Waals surface area contributed by atoms with Crippen LogP contribution in [0.4, 0.5) is 0 Å². The van der Waals surface area contributed by atoms with Crippen LogP contribution in [-0.2, 0) is 6.54 Å². The van der Waals surface area contributed by atoms with E-state index in [9.17, 15) is 0 Å². The van der Waals surface area contributed by atoms with Gasteiger partial charge in [-0.2, -0.15) is 0 Å². The van der Waals surface area contributed by atoms with Gasteiger partial charge >= 0.3 is 0 Å². The summed E-state index contributed by atoms with van der Waals surface area (Å²) >= 11 is 11.0. The van der Waals surface area contributed by atoms with E-state index in [0.29, 0.717) is 6.04 Å². The van der Waals surface area contributed by atoms with Gasteiger partial charge in [-0.25, -0.2) is 0 Å². The first kappa shape index (κ1) is 16.1. The van der Waals surface area contributed by atoms with Crippen LogP contribution in [0.25, 0.3) is 0 Å².